The van der Waals surface area contributed by atoms with Crippen molar-refractivity contribution in [2.75, 3.05) is 0 Å². The van der Waals surface area contributed by atoms with Gasteiger partial charge in [0.05, 0.1) is 0 Å². The van der Waals surface area contributed by atoms with Crippen molar-refractivity contribution >= 4 is 0 Å². The predicted octanol–water partition coefficient (Wildman–Crippen LogP) is 5.57. The van der Waals surface area contributed by atoms with Crippen LogP contribution in [0.3, 0.4) is 0 Å². The standard InChI is InChI=1S/C18H36N4/c1-4-6-7-8-9-10-11-12-13-14-15-16-18(3,5-2)17-19-21-22-20-17/h4-16H2,1-3H3,(H,19,20,21,22). The van der Waals surface area contributed by atoms with Gasteiger partial charge in [0, 0.05) is 5.41 Å². The van der Waals surface area contributed by atoms with Gasteiger partial charge in [-0.1, -0.05) is 91.4 Å². The van der Waals surface area contributed by atoms with E-state index in [1.54, 1.807) is 0 Å². The fourth-order valence-electron chi connectivity index (χ4n) is 3.06. The number of aromatic nitrogens is 4. The maximum absolute atomic E-state index is 4.11. The fourth-order valence-corrected chi connectivity index (χ4v) is 3.06. The third-order valence-electron chi connectivity index (χ3n) is 5.03. The molecular weight excluding hydrogens is 272 g/mol. The molecule has 0 aliphatic carbocycles. The van der Waals surface area contributed by atoms with Gasteiger partial charge in [-0.2, -0.15) is 0 Å². The highest BCUT2D eigenvalue weighted by molar-refractivity contribution is 5.01. The van der Waals surface area contributed by atoms with Crippen LogP contribution in [-0.4, -0.2) is 20.6 Å². The molecule has 22 heavy (non-hydrogen) atoms. The van der Waals surface area contributed by atoms with E-state index in [2.05, 4.69) is 41.4 Å². The van der Waals surface area contributed by atoms with Crippen molar-refractivity contribution in [2.45, 2.75) is 110 Å². The molecule has 0 saturated heterocycles. The highest BCUT2D eigenvalue weighted by Crippen LogP contribution is 2.30. The van der Waals surface area contributed by atoms with E-state index in [4.69, 9.17) is 0 Å². The lowest BCUT2D eigenvalue weighted by Gasteiger charge is -2.24. The summed E-state index contributed by atoms with van der Waals surface area (Å²) in [7, 11) is 0. The van der Waals surface area contributed by atoms with Crippen LogP contribution in [0.1, 0.15) is 110 Å². The van der Waals surface area contributed by atoms with Crippen LogP contribution in [0, 0.1) is 0 Å². The van der Waals surface area contributed by atoms with Gasteiger partial charge < -0.3 is 0 Å². The summed E-state index contributed by atoms with van der Waals surface area (Å²) < 4.78 is 0. The van der Waals surface area contributed by atoms with Crippen molar-refractivity contribution in [1.29, 1.82) is 0 Å². The molecule has 1 N–H and O–H groups in total. The van der Waals surface area contributed by atoms with Crippen LogP contribution in [-0.2, 0) is 5.41 Å². The highest BCUT2D eigenvalue weighted by Gasteiger charge is 2.27. The fraction of sp³-hybridized carbons (Fsp3) is 0.944. The zero-order valence-electron chi connectivity index (χ0n) is 15.0. The van der Waals surface area contributed by atoms with Gasteiger partial charge >= 0.3 is 0 Å². The molecule has 1 aromatic rings. The molecular formula is C18H36N4. The smallest absolute Gasteiger partial charge is 0.154 e. The second-order valence-electron chi connectivity index (χ2n) is 6.95. The molecule has 4 nitrogen and oxygen atoms in total. The molecule has 1 atom stereocenters. The number of tetrazole rings is 1. The molecule has 0 aliphatic rings. The molecule has 0 aliphatic heterocycles. The van der Waals surface area contributed by atoms with E-state index in [1.807, 2.05) is 0 Å². The first-order valence-electron chi connectivity index (χ1n) is 9.47. The zero-order valence-corrected chi connectivity index (χ0v) is 15.0. The number of H-pyrrole nitrogens is 1. The maximum Gasteiger partial charge on any atom is 0.154 e. The molecule has 1 rings (SSSR count). The minimum atomic E-state index is 0.114. The Balaban J connectivity index is 1.99. The zero-order chi connectivity index (χ0) is 16.1. The van der Waals surface area contributed by atoms with Crippen LogP contribution < -0.4 is 0 Å². The van der Waals surface area contributed by atoms with Gasteiger partial charge in [-0.15, -0.1) is 5.10 Å². The van der Waals surface area contributed by atoms with Gasteiger partial charge in [-0.05, 0) is 23.3 Å². The van der Waals surface area contributed by atoms with Crippen molar-refractivity contribution in [3.8, 4) is 0 Å². The minimum absolute atomic E-state index is 0.114. The average Bonchev–Trinajstić information content (AvgIpc) is 3.07. The van der Waals surface area contributed by atoms with Crippen molar-refractivity contribution in [1.82, 2.24) is 20.6 Å². The van der Waals surface area contributed by atoms with E-state index in [9.17, 15) is 0 Å². The molecule has 4 heteroatoms. The number of aromatic amines is 1. The van der Waals surface area contributed by atoms with Gasteiger partial charge in [-0.3, -0.25) is 0 Å². The first-order chi connectivity index (χ1) is 10.7. The van der Waals surface area contributed by atoms with E-state index in [1.165, 1.54) is 77.0 Å². The number of hydrogen-bond acceptors (Lipinski definition) is 3. The predicted molar refractivity (Wildman–Crippen MR) is 92.9 cm³/mol. The van der Waals surface area contributed by atoms with Gasteiger partial charge in [0.1, 0.15) is 0 Å². The topological polar surface area (TPSA) is 54.5 Å². The Morgan fingerprint density at radius 2 is 1.36 bits per heavy atom. The molecule has 0 spiro atoms. The van der Waals surface area contributed by atoms with Crippen molar-refractivity contribution < 1.29 is 0 Å². The Morgan fingerprint density at radius 1 is 0.818 bits per heavy atom. The number of rotatable bonds is 14. The summed E-state index contributed by atoms with van der Waals surface area (Å²) in [5.74, 6) is 0.946. The summed E-state index contributed by atoms with van der Waals surface area (Å²) in [6.45, 7) is 6.77. The van der Waals surface area contributed by atoms with E-state index in [0.29, 0.717) is 0 Å². The molecule has 1 heterocycles. The van der Waals surface area contributed by atoms with E-state index < -0.39 is 0 Å². The molecule has 0 saturated carbocycles. The summed E-state index contributed by atoms with van der Waals surface area (Å²) in [5, 5.41) is 14.5. The Hall–Kier alpha value is -0.930. The Morgan fingerprint density at radius 3 is 1.82 bits per heavy atom. The Bertz CT molecular complexity index is 350. The molecule has 0 fully saturated rings. The summed E-state index contributed by atoms with van der Waals surface area (Å²) >= 11 is 0. The first kappa shape index (κ1) is 19.1. The Labute approximate surface area is 136 Å². The minimum Gasteiger partial charge on any atom is -0.242 e. The van der Waals surface area contributed by atoms with Crippen molar-refractivity contribution in [3.05, 3.63) is 5.82 Å². The Kier molecular flexibility index (Phi) is 10.1. The normalized spacial score (nSPS) is 14.1. The van der Waals surface area contributed by atoms with Crippen LogP contribution in [0.5, 0.6) is 0 Å². The lowest BCUT2D eigenvalue weighted by molar-refractivity contribution is 0.373. The maximum atomic E-state index is 4.11. The molecule has 1 unspecified atom stereocenters. The lowest BCUT2D eigenvalue weighted by Crippen LogP contribution is -2.22. The van der Waals surface area contributed by atoms with Gasteiger partial charge in [0.2, 0.25) is 0 Å². The van der Waals surface area contributed by atoms with Crippen LogP contribution in [0.25, 0.3) is 0 Å². The average molecular weight is 309 g/mol. The SMILES string of the molecule is CCCCCCCCCCCCCC(C)(CC)c1nnn[nH]1. The summed E-state index contributed by atoms with van der Waals surface area (Å²) in [4.78, 5) is 0. The van der Waals surface area contributed by atoms with Crippen molar-refractivity contribution in [2.24, 2.45) is 0 Å². The van der Waals surface area contributed by atoms with E-state index in [-0.39, 0.29) is 5.41 Å². The highest BCUT2D eigenvalue weighted by atomic mass is 15.5. The van der Waals surface area contributed by atoms with E-state index in [0.717, 1.165) is 12.2 Å². The van der Waals surface area contributed by atoms with Crippen LogP contribution in [0.15, 0.2) is 0 Å². The van der Waals surface area contributed by atoms with Gasteiger partial charge in [0.15, 0.2) is 5.82 Å². The molecule has 128 valence electrons. The third-order valence-corrected chi connectivity index (χ3v) is 5.03. The summed E-state index contributed by atoms with van der Waals surface area (Å²) in [6.07, 6.45) is 17.6. The first-order valence-corrected chi connectivity index (χ1v) is 9.47. The second-order valence-corrected chi connectivity index (χ2v) is 6.95. The number of nitrogens with zero attached hydrogens (tertiary/aromatic N) is 3. The number of unbranched alkanes of at least 4 members (excludes halogenated alkanes) is 10. The van der Waals surface area contributed by atoms with Gasteiger partial charge in [0.25, 0.3) is 0 Å². The molecule has 0 aromatic carbocycles. The van der Waals surface area contributed by atoms with Crippen LogP contribution in [0.2, 0.25) is 0 Å². The monoisotopic (exact) mass is 308 g/mol. The largest absolute Gasteiger partial charge is 0.242 e. The summed E-state index contributed by atoms with van der Waals surface area (Å²) in [5.41, 5.74) is 0.114. The third kappa shape index (κ3) is 7.37. The van der Waals surface area contributed by atoms with Crippen molar-refractivity contribution in [3.63, 3.8) is 0 Å². The molecule has 0 bridgehead atoms. The van der Waals surface area contributed by atoms with Crippen LogP contribution in [0.4, 0.5) is 0 Å². The molecule has 0 radical (unpaired) electrons. The number of nitrogens with one attached hydrogen (secondary N) is 1. The number of hydrogen-bond donors (Lipinski definition) is 1. The van der Waals surface area contributed by atoms with Crippen LogP contribution >= 0.6 is 0 Å². The second kappa shape index (κ2) is 11.6. The van der Waals surface area contributed by atoms with Gasteiger partial charge in [-0.25, -0.2) is 5.10 Å². The van der Waals surface area contributed by atoms with E-state index >= 15 is 0 Å². The summed E-state index contributed by atoms with van der Waals surface area (Å²) in [6, 6.07) is 0. The quantitative estimate of drug-likeness (QED) is 0.457. The molecule has 0 amide bonds. The lowest BCUT2D eigenvalue weighted by atomic mass is 9.81. The molecule has 1 aromatic heterocycles.